The highest BCUT2D eigenvalue weighted by Crippen LogP contribution is 2.33. The molecule has 4 aromatic rings. The van der Waals surface area contributed by atoms with E-state index in [1.807, 2.05) is 31.2 Å². The number of nitrogens with zero attached hydrogens (tertiary/aromatic N) is 3. The maximum absolute atomic E-state index is 11.7. The Morgan fingerprint density at radius 1 is 1.00 bits per heavy atom. The molecule has 2 heterocycles. The van der Waals surface area contributed by atoms with Crippen molar-refractivity contribution in [3.8, 4) is 11.5 Å². The number of rotatable bonds is 10. The fourth-order valence-corrected chi connectivity index (χ4v) is 3.40. The van der Waals surface area contributed by atoms with Crippen molar-refractivity contribution < 1.29 is 19.0 Å². The summed E-state index contributed by atoms with van der Waals surface area (Å²) in [6.07, 6.45) is 1.55. The number of ether oxygens (including phenoxy) is 3. The molecule has 11 heteroatoms. The van der Waals surface area contributed by atoms with Crippen LogP contribution in [-0.4, -0.2) is 53.3 Å². The smallest absolute Gasteiger partial charge is 0.231 e. The maximum Gasteiger partial charge on any atom is 0.231 e. The summed E-state index contributed by atoms with van der Waals surface area (Å²) in [5.74, 6) is 1.82. The average molecular weight is 478 g/mol. The first-order valence-electron chi connectivity index (χ1n) is 10.9. The summed E-state index contributed by atoms with van der Waals surface area (Å²) in [5.41, 5.74) is 4.15. The standard InChI is InChI=1S/C24H27N7O4/c1-14-5-7-17(18(11-14)27-15(2)32)29-23-21-22(26-13-25-21)30-24(31-23)28-16-6-8-19(20(12-16)34-4)35-10-9-33-3/h5-8,11-13H,9-10H2,1-4H3,(H,27,32)(H3,25,26,28,29,30,31). The Kier molecular flexibility index (Phi) is 7.27. The first-order chi connectivity index (χ1) is 17.0. The van der Waals surface area contributed by atoms with E-state index in [2.05, 4.69) is 35.9 Å². The molecule has 0 saturated heterocycles. The van der Waals surface area contributed by atoms with E-state index in [0.29, 0.717) is 64.7 Å². The summed E-state index contributed by atoms with van der Waals surface area (Å²) in [6.45, 7) is 4.30. The van der Waals surface area contributed by atoms with Crippen molar-refractivity contribution in [2.75, 3.05) is 43.4 Å². The normalized spacial score (nSPS) is 10.7. The van der Waals surface area contributed by atoms with Gasteiger partial charge in [-0.15, -0.1) is 0 Å². The van der Waals surface area contributed by atoms with Crippen LogP contribution >= 0.6 is 0 Å². The van der Waals surface area contributed by atoms with E-state index in [1.165, 1.54) is 6.92 Å². The van der Waals surface area contributed by atoms with Gasteiger partial charge in [-0.25, -0.2) is 4.98 Å². The molecule has 0 aliphatic heterocycles. The van der Waals surface area contributed by atoms with E-state index < -0.39 is 0 Å². The number of anilines is 5. The fourth-order valence-electron chi connectivity index (χ4n) is 3.40. The number of fused-ring (bicyclic) bond motifs is 1. The van der Waals surface area contributed by atoms with Crippen LogP contribution in [0.15, 0.2) is 42.7 Å². The number of imidazole rings is 1. The SMILES string of the molecule is COCCOc1ccc(Nc2nc(Nc3ccc(C)cc3NC(C)=O)c3[nH]cnc3n2)cc1OC. The molecule has 1 amide bonds. The van der Waals surface area contributed by atoms with Crippen molar-refractivity contribution in [3.05, 3.63) is 48.3 Å². The molecule has 0 saturated carbocycles. The number of hydrogen-bond donors (Lipinski definition) is 4. The molecular weight excluding hydrogens is 450 g/mol. The summed E-state index contributed by atoms with van der Waals surface area (Å²) in [6, 6.07) is 11.1. The number of amides is 1. The minimum absolute atomic E-state index is 0.168. The second-order valence-electron chi connectivity index (χ2n) is 7.68. The third kappa shape index (κ3) is 5.76. The van der Waals surface area contributed by atoms with Gasteiger partial charge in [0.15, 0.2) is 23.0 Å². The molecule has 2 aromatic carbocycles. The number of aryl methyl sites for hydroxylation is 1. The summed E-state index contributed by atoms with van der Waals surface area (Å²) < 4.78 is 16.2. The van der Waals surface area contributed by atoms with Gasteiger partial charge in [0.25, 0.3) is 0 Å². The first-order valence-corrected chi connectivity index (χ1v) is 10.9. The molecule has 0 bridgehead atoms. The highest BCUT2D eigenvalue weighted by Gasteiger charge is 2.14. The van der Waals surface area contributed by atoms with Crippen LogP contribution in [0.4, 0.5) is 28.8 Å². The number of carbonyl (C=O) groups is 1. The van der Waals surface area contributed by atoms with Crippen molar-refractivity contribution >= 4 is 45.9 Å². The Morgan fingerprint density at radius 3 is 2.63 bits per heavy atom. The van der Waals surface area contributed by atoms with Crippen LogP contribution in [0.1, 0.15) is 12.5 Å². The van der Waals surface area contributed by atoms with Gasteiger partial charge in [-0.3, -0.25) is 4.79 Å². The molecule has 4 N–H and O–H groups in total. The van der Waals surface area contributed by atoms with E-state index in [4.69, 9.17) is 14.2 Å². The Balaban J connectivity index is 1.63. The Morgan fingerprint density at radius 2 is 1.86 bits per heavy atom. The molecule has 0 atom stereocenters. The first kappa shape index (κ1) is 23.8. The zero-order valence-corrected chi connectivity index (χ0v) is 19.9. The van der Waals surface area contributed by atoms with Crippen molar-refractivity contribution in [3.63, 3.8) is 0 Å². The average Bonchev–Trinajstić information content (AvgIpc) is 3.30. The van der Waals surface area contributed by atoms with Crippen LogP contribution in [0.25, 0.3) is 11.2 Å². The summed E-state index contributed by atoms with van der Waals surface area (Å²) in [7, 11) is 3.19. The van der Waals surface area contributed by atoms with E-state index >= 15 is 0 Å². The highest BCUT2D eigenvalue weighted by atomic mass is 16.5. The number of hydrogen-bond acceptors (Lipinski definition) is 9. The highest BCUT2D eigenvalue weighted by molar-refractivity contribution is 5.95. The summed E-state index contributed by atoms with van der Waals surface area (Å²) >= 11 is 0. The Hall–Kier alpha value is -4.38. The van der Waals surface area contributed by atoms with Crippen LogP contribution < -0.4 is 25.4 Å². The van der Waals surface area contributed by atoms with Gasteiger partial charge in [0.1, 0.15) is 12.1 Å². The second-order valence-corrected chi connectivity index (χ2v) is 7.68. The number of aromatic nitrogens is 4. The summed E-state index contributed by atoms with van der Waals surface area (Å²) in [5, 5.41) is 9.33. The molecule has 0 unspecified atom stereocenters. The van der Waals surface area contributed by atoms with Gasteiger partial charge in [-0.2, -0.15) is 9.97 Å². The van der Waals surface area contributed by atoms with E-state index in [9.17, 15) is 4.79 Å². The molecule has 35 heavy (non-hydrogen) atoms. The lowest BCUT2D eigenvalue weighted by Gasteiger charge is -2.15. The third-order valence-electron chi connectivity index (χ3n) is 4.99. The minimum Gasteiger partial charge on any atom is -0.493 e. The molecule has 2 aromatic heterocycles. The minimum atomic E-state index is -0.168. The fraction of sp³-hybridized carbons (Fsp3) is 0.250. The Bertz CT molecular complexity index is 1340. The van der Waals surface area contributed by atoms with Crippen LogP contribution in [0.2, 0.25) is 0 Å². The van der Waals surface area contributed by atoms with Gasteiger partial charge in [0, 0.05) is 25.8 Å². The molecular formula is C24H27N7O4. The molecule has 0 spiro atoms. The lowest BCUT2D eigenvalue weighted by Crippen LogP contribution is -2.09. The third-order valence-corrected chi connectivity index (χ3v) is 4.99. The Labute approximate surface area is 202 Å². The topological polar surface area (TPSA) is 135 Å². The van der Waals surface area contributed by atoms with Crippen LogP contribution in [0.3, 0.4) is 0 Å². The number of benzene rings is 2. The van der Waals surface area contributed by atoms with Gasteiger partial charge < -0.3 is 35.1 Å². The van der Waals surface area contributed by atoms with Gasteiger partial charge in [-0.05, 0) is 36.8 Å². The molecule has 0 radical (unpaired) electrons. The number of H-pyrrole nitrogens is 1. The number of aromatic amines is 1. The van der Waals surface area contributed by atoms with Crippen LogP contribution in [-0.2, 0) is 9.53 Å². The second kappa shape index (κ2) is 10.7. The van der Waals surface area contributed by atoms with Crippen molar-refractivity contribution in [1.82, 2.24) is 19.9 Å². The van der Waals surface area contributed by atoms with Gasteiger partial charge in [0.05, 0.1) is 31.4 Å². The van der Waals surface area contributed by atoms with Gasteiger partial charge in [0.2, 0.25) is 11.9 Å². The van der Waals surface area contributed by atoms with E-state index in [0.717, 1.165) is 5.56 Å². The lowest BCUT2D eigenvalue weighted by atomic mass is 10.2. The number of methoxy groups -OCH3 is 2. The van der Waals surface area contributed by atoms with Crippen LogP contribution in [0.5, 0.6) is 11.5 Å². The lowest BCUT2D eigenvalue weighted by molar-refractivity contribution is -0.114. The van der Waals surface area contributed by atoms with Gasteiger partial charge >= 0.3 is 0 Å². The molecule has 182 valence electrons. The predicted molar refractivity (Wildman–Crippen MR) is 134 cm³/mol. The van der Waals surface area contributed by atoms with Crippen molar-refractivity contribution in [1.29, 1.82) is 0 Å². The molecule has 11 nitrogen and oxygen atoms in total. The molecule has 0 aliphatic rings. The summed E-state index contributed by atoms with van der Waals surface area (Å²) in [4.78, 5) is 28.2. The van der Waals surface area contributed by atoms with Crippen molar-refractivity contribution in [2.24, 2.45) is 0 Å². The van der Waals surface area contributed by atoms with E-state index in [1.54, 1.807) is 32.7 Å². The molecule has 4 rings (SSSR count). The van der Waals surface area contributed by atoms with Crippen molar-refractivity contribution in [2.45, 2.75) is 13.8 Å². The quantitative estimate of drug-likeness (QED) is 0.248. The van der Waals surface area contributed by atoms with Crippen LogP contribution in [0, 0.1) is 6.92 Å². The maximum atomic E-state index is 11.7. The molecule has 0 fully saturated rings. The number of nitrogens with one attached hydrogen (secondary N) is 4. The molecule has 0 aliphatic carbocycles. The van der Waals surface area contributed by atoms with Gasteiger partial charge in [-0.1, -0.05) is 6.07 Å². The van der Waals surface area contributed by atoms with E-state index in [-0.39, 0.29) is 5.91 Å². The largest absolute Gasteiger partial charge is 0.493 e. The number of carbonyl (C=O) groups excluding carboxylic acids is 1. The predicted octanol–water partition coefficient (Wildman–Crippen LogP) is 4.14. The monoisotopic (exact) mass is 477 g/mol. The zero-order chi connectivity index (χ0) is 24.8. The zero-order valence-electron chi connectivity index (χ0n) is 19.9.